The second kappa shape index (κ2) is 9.37. The van der Waals surface area contributed by atoms with E-state index in [-0.39, 0.29) is 0 Å². The largest absolute Gasteiger partial charge is 0.497 e. The average Bonchev–Trinajstić information content (AvgIpc) is 2.72. The van der Waals surface area contributed by atoms with E-state index in [2.05, 4.69) is 17.4 Å². The molecule has 0 amide bonds. The summed E-state index contributed by atoms with van der Waals surface area (Å²) in [6.45, 7) is 1.78. The van der Waals surface area contributed by atoms with Crippen LogP contribution in [0, 0.1) is 0 Å². The molecule has 1 N–H and O–H groups in total. The molecule has 0 heterocycles. The summed E-state index contributed by atoms with van der Waals surface area (Å²) in [6, 6.07) is 25.7. The van der Waals surface area contributed by atoms with Crippen molar-refractivity contribution in [3.8, 4) is 17.2 Å². The van der Waals surface area contributed by atoms with Gasteiger partial charge in [0.05, 0.1) is 7.11 Å². The van der Waals surface area contributed by atoms with E-state index in [1.807, 2.05) is 66.7 Å². The molecule has 0 saturated heterocycles. The predicted molar refractivity (Wildman–Crippen MR) is 104 cm³/mol. The molecule has 4 nitrogen and oxygen atoms in total. The summed E-state index contributed by atoms with van der Waals surface area (Å²) in [6.07, 6.45) is 0. The normalized spacial score (nSPS) is 10.2. The number of hydrogen-bond donors (Lipinski definition) is 1. The minimum Gasteiger partial charge on any atom is -0.497 e. The van der Waals surface area contributed by atoms with Crippen LogP contribution in [0.15, 0.2) is 78.9 Å². The molecule has 3 aromatic rings. The predicted octanol–water partition coefficient (Wildman–Crippen LogP) is 4.77. The van der Waals surface area contributed by atoms with Gasteiger partial charge in [0.2, 0.25) is 0 Å². The van der Waals surface area contributed by atoms with Crippen molar-refractivity contribution in [3.63, 3.8) is 0 Å². The number of anilines is 1. The number of benzene rings is 3. The van der Waals surface area contributed by atoms with Gasteiger partial charge in [0.25, 0.3) is 0 Å². The molecule has 0 aromatic heterocycles. The summed E-state index contributed by atoms with van der Waals surface area (Å²) in [5.74, 6) is 2.55. The Kier molecular flexibility index (Phi) is 6.37. The highest BCUT2D eigenvalue weighted by Crippen LogP contribution is 2.17. The monoisotopic (exact) mass is 349 g/mol. The molecule has 3 rings (SSSR count). The molecule has 0 aliphatic carbocycles. The van der Waals surface area contributed by atoms with Crippen LogP contribution < -0.4 is 19.5 Å². The second-order valence-electron chi connectivity index (χ2n) is 5.74. The van der Waals surface area contributed by atoms with Crippen molar-refractivity contribution in [2.45, 2.75) is 6.54 Å². The number of nitrogens with one attached hydrogen (secondary N) is 1. The lowest BCUT2D eigenvalue weighted by atomic mass is 10.2. The van der Waals surface area contributed by atoms with Crippen LogP contribution in [0.2, 0.25) is 0 Å². The lowest BCUT2D eigenvalue weighted by Gasteiger charge is -2.10. The second-order valence-corrected chi connectivity index (χ2v) is 5.74. The fraction of sp³-hybridized carbons (Fsp3) is 0.182. The fourth-order valence-electron chi connectivity index (χ4n) is 2.45. The van der Waals surface area contributed by atoms with E-state index in [1.165, 1.54) is 5.56 Å². The Bertz CT molecular complexity index is 771. The van der Waals surface area contributed by atoms with Gasteiger partial charge in [0.15, 0.2) is 0 Å². The molecule has 3 aromatic carbocycles. The van der Waals surface area contributed by atoms with E-state index >= 15 is 0 Å². The third-order valence-electron chi connectivity index (χ3n) is 3.87. The molecule has 0 spiro atoms. The summed E-state index contributed by atoms with van der Waals surface area (Å²) < 4.78 is 16.5. The number of para-hydroxylation sites is 1. The summed E-state index contributed by atoms with van der Waals surface area (Å²) >= 11 is 0. The van der Waals surface area contributed by atoms with Crippen LogP contribution in [0.3, 0.4) is 0 Å². The smallest absolute Gasteiger partial charge is 0.122 e. The van der Waals surface area contributed by atoms with Gasteiger partial charge in [-0.15, -0.1) is 0 Å². The molecule has 0 atom stereocenters. The Balaban J connectivity index is 1.40. The van der Waals surface area contributed by atoms with Crippen LogP contribution in [-0.4, -0.2) is 20.3 Å². The molecule has 0 fully saturated rings. The Hall–Kier alpha value is -3.14. The number of ether oxygens (including phenoxy) is 3. The zero-order valence-electron chi connectivity index (χ0n) is 14.9. The number of methoxy groups -OCH3 is 1. The third-order valence-corrected chi connectivity index (χ3v) is 3.87. The van der Waals surface area contributed by atoms with Crippen molar-refractivity contribution in [1.82, 2.24) is 0 Å². The summed E-state index contributed by atoms with van der Waals surface area (Å²) in [4.78, 5) is 0. The first-order chi connectivity index (χ1) is 12.8. The van der Waals surface area contributed by atoms with Crippen molar-refractivity contribution < 1.29 is 14.2 Å². The van der Waals surface area contributed by atoms with Crippen LogP contribution in [0.5, 0.6) is 17.2 Å². The summed E-state index contributed by atoms with van der Waals surface area (Å²) in [5.41, 5.74) is 2.25. The molecule has 0 radical (unpaired) electrons. The van der Waals surface area contributed by atoms with Gasteiger partial charge in [-0.3, -0.25) is 0 Å². The lowest BCUT2D eigenvalue weighted by molar-refractivity contribution is 0.217. The van der Waals surface area contributed by atoms with E-state index in [0.29, 0.717) is 13.2 Å². The molecular weight excluding hydrogens is 326 g/mol. The minimum absolute atomic E-state index is 0.507. The summed E-state index contributed by atoms with van der Waals surface area (Å²) in [5, 5.41) is 3.39. The van der Waals surface area contributed by atoms with Crippen molar-refractivity contribution in [2.75, 3.05) is 25.6 Å². The third kappa shape index (κ3) is 5.45. The Morgan fingerprint density at radius 2 is 1.23 bits per heavy atom. The van der Waals surface area contributed by atoms with Crippen molar-refractivity contribution >= 4 is 5.69 Å². The Morgan fingerprint density at radius 1 is 0.654 bits per heavy atom. The highest BCUT2D eigenvalue weighted by molar-refractivity contribution is 5.47. The maximum absolute atomic E-state index is 5.70. The first kappa shape index (κ1) is 17.7. The van der Waals surface area contributed by atoms with Crippen molar-refractivity contribution in [3.05, 3.63) is 84.4 Å². The van der Waals surface area contributed by atoms with E-state index < -0.39 is 0 Å². The highest BCUT2D eigenvalue weighted by atomic mass is 16.5. The van der Waals surface area contributed by atoms with Gasteiger partial charge in [0.1, 0.15) is 30.5 Å². The molecule has 0 saturated carbocycles. The van der Waals surface area contributed by atoms with E-state index in [0.717, 1.165) is 29.5 Å². The van der Waals surface area contributed by atoms with Gasteiger partial charge >= 0.3 is 0 Å². The molecule has 0 unspecified atom stereocenters. The van der Waals surface area contributed by atoms with Gasteiger partial charge < -0.3 is 19.5 Å². The van der Waals surface area contributed by atoms with Crippen molar-refractivity contribution in [1.29, 1.82) is 0 Å². The molecule has 26 heavy (non-hydrogen) atoms. The first-order valence-electron chi connectivity index (χ1n) is 8.61. The lowest BCUT2D eigenvalue weighted by Crippen LogP contribution is -2.08. The van der Waals surface area contributed by atoms with Gasteiger partial charge in [0, 0.05) is 12.2 Å². The standard InChI is InChI=1S/C22H23NO3/c1-24-20-11-7-18(8-12-20)17-23-19-9-13-22(14-10-19)26-16-15-25-21-5-3-2-4-6-21/h2-14,23H,15-17H2,1H3. The fourth-order valence-corrected chi connectivity index (χ4v) is 2.45. The zero-order valence-corrected chi connectivity index (χ0v) is 14.9. The van der Waals surface area contributed by atoms with Crippen LogP contribution in [0.25, 0.3) is 0 Å². The summed E-state index contributed by atoms with van der Waals surface area (Å²) in [7, 11) is 1.67. The molecule has 0 bridgehead atoms. The maximum Gasteiger partial charge on any atom is 0.122 e. The van der Waals surface area contributed by atoms with Crippen LogP contribution in [0.1, 0.15) is 5.56 Å². The van der Waals surface area contributed by atoms with E-state index in [9.17, 15) is 0 Å². The van der Waals surface area contributed by atoms with Gasteiger partial charge in [-0.25, -0.2) is 0 Å². The first-order valence-corrected chi connectivity index (χ1v) is 8.61. The molecule has 134 valence electrons. The average molecular weight is 349 g/mol. The van der Waals surface area contributed by atoms with Crippen LogP contribution >= 0.6 is 0 Å². The number of hydrogen-bond acceptors (Lipinski definition) is 4. The quantitative estimate of drug-likeness (QED) is 0.565. The van der Waals surface area contributed by atoms with Gasteiger partial charge in [-0.2, -0.15) is 0 Å². The molecule has 4 heteroatoms. The SMILES string of the molecule is COc1ccc(CNc2ccc(OCCOc3ccccc3)cc2)cc1. The van der Waals surface area contributed by atoms with Gasteiger partial charge in [-0.1, -0.05) is 30.3 Å². The van der Waals surface area contributed by atoms with Crippen LogP contribution in [-0.2, 0) is 6.54 Å². The van der Waals surface area contributed by atoms with Crippen molar-refractivity contribution in [2.24, 2.45) is 0 Å². The van der Waals surface area contributed by atoms with Crippen LogP contribution in [0.4, 0.5) is 5.69 Å². The Labute approximate surface area is 154 Å². The topological polar surface area (TPSA) is 39.7 Å². The molecule has 0 aliphatic heterocycles. The number of rotatable bonds is 9. The van der Waals surface area contributed by atoms with Gasteiger partial charge in [-0.05, 0) is 54.1 Å². The minimum atomic E-state index is 0.507. The van der Waals surface area contributed by atoms with E-state index in [1.54, 1.807) is 7.11 Å². The maximum atomic E-state index is 5.70. The molecule has 0 aliphatic rings. The zero-order chi connectivity index (χ0) is 18.0. The molecular formula is C22H23NO3. The Morgan fingerprint density at radius 3 is 1.85 bits per heavy atom. The van der Waals surface area contributed by atoms with E-state index in [4.69, 9.17) is 14.2 Å². The highest BCUT2D eigenvalue weighted by Gasteiger charge is 1.98.